The Hall–Kier alpha value is -0.870. The predicted octanol–water partition coefficient (Wildman–Crippen LogP) is 2.88. The third-order valence-corrected chi connectivity index (χ3v) is 3.55. The summed E-state index contributed by atoms with van der Waals surface area (Å²) in [7, 11) is 0. The van der Waals surface area contributed by atoms with Crippen LogP contribution in [0.25, 0.3) is 0 Å². The molecule has 0 fully saturated rings. The molecular weight excluding hydrogens is 244 g/mol. The average Bonchev–Trinajstić information content (AvgIpc) is 2.39. The molecule has 19 heavy (non-hydrogen) atoms. The summed E-state index contributed by atoms with van der Waals surface area (Å²) in [5.74, 6) is -0.958. The lowest BCUT2D eigenvalue weighted by Gasteiger charge is -2.12. The van der Waals surface area contributed by atoms with Crippen molar-refractivity contribution in [2.24, 2.45) is 0 Å². The van der Waals surface area contributed by atoms with Crippen molar-refractivity contribution in [2.45, 2.75) is 71.3 Å². The smallest absolute Gasteiger partial charge is 0.331 e. The van der Waals surface area contributed by atoms with Crippen molar-refractivity contribution in [3.05, 3.63) is 11.1 Å². The number of unbranched alkanes of at least 4 members (excludes halogenated alkanes) is 6. The number of aliphatic carboxylic acids is 1. The molecule has 0 aliphatic rings. The van der Waals surface area contributed by atoms with Gasteiger partial charge in [0.15, 0.2) is 0 Å². The normalized spacial score (nSPS) is 14.1. The van der Waals surface area contributed by atoms with Gasteiger partial charge < -0.3 is 15.3 Å². The van der Waals surface area contributed by atoms with Crippen molar-refractivity contribution >= 4 is 5.97 Å². The van der Waals surface area contributed by atoms with Crippen LogP contribution >= 0.6 is 0 Å². The van der Waals surface area contributed by atoms with Crippen LogP contribution in [0.4, 0.5) is 0 Å². The fourth-order valence-electron chi connectivity index (χ4n) is 1.97. The van der Waals surface area contributed by atoms with Crippen molar-refractivity contribution in [3.63, 3.8) is 0 Å². The lowest BCUT2D eigenvalue weighted by atomic mass is 9.99. The lowest BCUT2D eigenvalue weighted by molar-refractivity contribution is -0.132. The van der Waals surface area contributed by atoms with Gasteiger partial charge in [-0.1, -0.05) is 38.5 Å². The number of hydrogen-bond acceptors (Lipinski definition) is 3. The summed E-state index contributed by atoms with van der Waals surface area (Å²) in [6, 6.07) is 0. The first-order chi connectivity index (χ1) is 9.00. The highest BCUT2D eigenvalue weighted by Crippen LogP contribution is 2.16. The zero-order valence-corrected chi connectivity index (χ0v) is 12.2. The van der Waals surface area contributed by atoms with Crippen molar-refractivity contribution in [1.29, 1.82) is 0 Å². The van der Waals surface area contributed by atoms with E-state index in [-0.39, 0.29) is 12.2 Å². The number of aliphatic hydroxyl groups excluding tert-OH is 2. The Bertz CT molecular complexity index is 284. The molecule has 1 unspecified atom stereocenters. The number of aliphatic hydroxyl groups is 2. The Labute approximate surface area is 116 Å². The third kappa shape index (κ3) is 8.78. The van der Waals surface area contributed by atoms with Gasteiger partial charge >= 0.3 is 5.97 Å². The van der Waals surface area contributed by atoms with Crippen LogP contribution in [-0.2, 0) is 4.79 Å². The molecule has 0 radical (unpaired) electrons. The first kappa shape index (κ1) is 18.1. The molecule has 4 heteroatoms. The molecule has 0 saturated carbocycles. The Morgan fingerprint density at radius 2 is 1.42 bits per heavy atom. The Balaban J connectivity index is 3.67. The molecule has 0 amide bonds. The standard InChI is InChI=1S/C15H28O4/c1-12(13(2)15(18)19)14(17)10-8-6-4-3-5-7-9-11-16/h14,16-17H,3-11H2,1-2H3,(H,18,19). The number of carboxylic acid groups (broad SMARTS) is 1. The number of rotatable bonds is 11. The molecule has 0 rings (SSSR count). The fourth-order valence-corrected chi connectivity index (χ4v) is 1.97. The van der Waals surface area contributed by atoms with E-state index in [1.807, 2.05) is 0 Å². The van der Waals surface area contributed by atoms with Gasteiger partial charge in [0.1, 0.15) is 0 Å². The summed E-state index contributed by atoms with van der Waals surface area (Å²) in [5.41, 5.74) is 0.812. The summed E-state index contributed by atoms with van der Waals surface area (Å²) in [6.45, 7) is 3.49. The van der Waals surface area contributed by atoms with Crippen LogP contribution in [-0.4, -0.2) is 34.0 Å². The van der Waals surface area contributed by atoms with Gasteiger partial charge in [0.05, 0.1) is 6.10 Å². The van der Waals surface area contributed by atoms with E-state index >= 15 is 0 Å². The Morgan fingerprint density at radius 3 is 1.89 bits per heavy atom. The fraction of sp³-hybridized carbons (Fsp3) is 0.800. The van der Waals surface area contributed by atoms with E-state index in [2.05, 4.69) is 0 Å². The molecule has 112 valence electrons. The maximum Gasteiger partial charge on any atom is 0.331 e. The van der Waals surface area contributed by atoms with Crippen LogP contribution in [0.1, 0.15) is 65.2 Å². The SMILES string of the molecule is CC(C(=O)O)=C(C)C(O)CCCCCCCCCO. The number of hydrogen-bond donors (Lipinski definition) is 3. The van der Waals surface area contributed by atoms with Crippen LogP contribution in [0.3, 0.4) is 0 Å². The second-order valence-electron chi connectivity index (χ2n) is 5.12. The van der Waals surface area contributed by atoms with Gasteiger partial charge in [-0.25, -0.2) is 4.79 Å². The maximum absolute atomic E-state index is 10.8. The zero-order valence-electron chi connectivity index (χ0n) is 12.2. The highest BCUT2D eigenvalue weighted by molar-refractivity contribution is 5.86. The molecule has 0 aliphatic heterocycles. The molecule has 0 spiro atoms. The van der Waals surface area contributed by atoms with E-state index < -0.39 is 12.1 Å². The zero-order chi connectivity index (χ0) is 14.7. The van der Waals surface area contributed by atoms with E-state index in [4.69, 9.17) is 10.2 Å². The first-order valence-electron chi connectivity index (χ1n) is 7.20. The molecule has 0 aromatic heterocycles. The maximum atomic E-state index is 10.8. The number of carboxylic acids is 1. The van der Waals surface area contributed by atoms with E-state index in [0.29, 0.717) is 12.0 Å². The summed E-state index contributed by atoms with van der Waals surface area (Å²) in [4.78, 5) is 10.8. The summed E-state index contributed by atoms with van der Waals surface area (Å²) in [6.07, 6.45) is 7.41. The molecule has 0 heterocycles. The van der Waals surface area contributed by atoms with Crippen molar-refractivity contribution < 1.29 is 20.1 Å². The van der Waals surface area contributed by atoms with E-state index in [9.17, 15) is 9.90 Å². The van der Waals surface area contributed by atoms with Gasteiger partial charge in [-0.05, 0) is 32.3 Å². The minimum absolute atomic E-state index is 0.247. The van der Waals surface area contributed by atoms with E-state index in [0.717, 1.165) is 38.5 Å². The molecule has 0 aliphatic carbocycles. The largest absolute Gasteiger partial charge is 0.478 e. The van der Waals surface area contributed by atoms with Crippen LogP contribution < -0.4 is 0 Å². The van der Waals surface area contributed by atoms with Crippen LogP contribution in [0.2, 0.25) is 0 Å². The molecule has 0 bridgehead atoms. The highest BCUT2D eigenvalue weighted by atomic mass is 16.4. The molecule has 0 aromatic carbocycles. The summed E-state index contributed by atoms with van der Waals surface area (Å²) < 4.78 is 0. The van der Waals surface area contributed by atoms with Crippen LogP contribution in [0.5, 0.6) is 0 Å². The number of carbonyl (C=O) groups is 1. The van der Waals surface area contributed by atoms with Gasteiger partial charge in [0, 0.05) is 12.2 Å². The monoisotopic (exact) mass is 272 g/mol. The van der Waals surface area contributed by atoms with E-state index in [1.165, 1.54) is 13.3 Å². The highest BCUT2D eigenvalue weighted by Gasteiger charge is 2.12. The molecule has 4 nitrogen and oxygen atoms in total. The van der Waals surface area contributed by atoms with Gasteiger partial charge in [-0.2, -0.15) is 0 Å². The minimum atomic E-state index is -0.958. The van der Waals surface area contributed by atoms with Crippen molar-refractivity contribution in [2.75, 3.05) is 6.61 Å². The van der Waals surface area contributed by atoms with Gasteiger partial charge in [-0.15, -0.1) is 0 Å². The van der Waals surface area contributed by atoms with E-state index in [1.54, 1.807) is 6.92 Å². The van der Waals surface area contributed by atoms with Crippen LogP contribution in [0.15, 0.2) is 11.1 Å². The third-order valence-electron chi connectivity index (χ3n) is 3.55. The average molecular weight is 272 g/mol. The predicted molar refractivity (Wildman–Crippen MR) is 76.0 cm³/mol. The molecule has 0 aromatic rings. The molecule has 3 N–H and O–H groups in total. The second kappa shape index (κ2) is 11.0. The molecular formula is C15H28O4. The molecule has 1 atom stereocenters. The topological polar surface area (TPSA) is 77.8 Å². The van der Waals surface area contributed by atoms with Gasteiger partial charge in [0.2, 0.25) is 0 Å². The quantitative estimate of drug-likeness (QED) is 0.399. The second-order valence-corrected chi connectivity index (χ2v) is 5.12. The van der Waals surface area contributed by atoms with Crippen molar-refractivity contribution in [3.8, 4) is 0 Å². The van der Waals surface area contributed by atoms with Crippen molar-refractivity contribution in [1.82, 2.24) is 0 Å². The lowest BCUT2D eigenvalue weighted by Crippen LogP contribution is -2.13. The van der Waals surface area contributed by atoms with Crippen LogP contribution in [0, 0.1) is 0 Å². The van der Waals surface area contributed by atoms with Gasteiger partial charge in [0.25, 0.3) is 0 Å². The van der Waals surface area contributed by atoms with Gasteiger partial charge in [-0.3, -0.25) is 0 Å². The summed E-state index contributed by atoms with van der Waals surface area (Å²) >= 11 is 0. The Morgan fingerprint density at radius 1 is 0.947 bits per heavy atom. The Kier molecular flexibility index (Phi) is 10.5. The summed E-state index contributed by atoms with van der Waals surface area (Å²) in [5, 5.41) is 27.3. The molecule has 0 saturated heterocycles. The first-order valence-corrected chi connectivity index (χ1v) is 7.20. The minimum Gasteiger partial charge on any atom is -0.478 e.